The highest BCUT2D eigenvalue weighted by Gasteiger charge is 2.39. The second-order valence-corrected chi connectivity index (χ2v) is 11.0. The van der Waals surface area contributed by atoms with Crippen LogP contribution in [-0.2, 0) is 9.16 Å². The maximum atomic E-state index is 6.34. The molecule has 0 aromatic rings. The van der Waals surface area contributed by atoms with Gasteiger partial charge in [0.2, 0.25) is 8.32 Å². The van der Waals surface area contributed by atoms with Crippen molar-refractivity contribution in [2.45, 2.75) is 58.7 Å². The third-order valence-electron chi connectivity index (χ3n) is 3.72. The highest BCUT2D eigenvalue weighted by atomic mass is 28.4. The van der Waals surface area contributed by atoms with E-state index in [2.05, 4.69) is 40.8 Å². The summed E-state index contributed by atoms with van der Waals surface area (Å²) < 4.78 is 11.7. The quantitative estimate of drug-likeness (QED) is 0.670. The van der Waals surface area contributed by atoms with Crippen molar-refractivity contribution in [1.82, 2.24) is 0 Å². The third-order valence-corrected chi connectivity index (χ3v) is 8.06. The van der Waals surface area contributed by atoms with Crippen LogP contribution in [0, 0.1) is 0 Å². The third kappa shape index (κ3) is 3.91. The fraction of sp³-hybridized carbons (Fsp3) is 0.714. The van der Waals surface area contributed by atoms with Crippen molar-refractivity contribution in [1.29, 1.82) is 0 Å². The maximum Gasteiger partial charge on any atom is 0.250 e. The van der Waals surface area contributed by atoms with Gasteiger partial charge in [-0.25, -0.2) is 0 Å². The van der Waals surface area contributed by atoms with Gasteiger partial charge >= 0.3 is 0 Å². The Labute approximate surface area is 107 Å². The van der Waals surface area contributed by atoms with Crippen molar-refractivity contribution in [3.63, 3.8) is 0 Å². The van der Waals surface area contributed by atoms with Crippen molar-refractivity contribution in [2.75, 3.05) is 6.61 Å². The second kappa shape index (κ2) is 5.30. The average Bonchev–Trinajstić information content (AvgIpc) is 2.16. The van der Waals surface area contributed by atoms with Gasteiger partial charge in [-0.05, 0) is 43.5 Å². The number of allylic oxidation sites excluding steroid dienone is 2. The Morgan fingerprint density at radius 3 is 2.53 bits per heavy atom. The number of hydrogen-bond acceptors (Lipinski definition) is 2. The van der Waals surface area contributed by atoms with Gasteiger partial charge in [-0.15, -0.1) is 0 Å². The highest BCUT2D eigenvalue weighted by molar-refractivity contribution is 6.74. The molecule has 1 aliphatic rings. The normalized spacial score (nSPS) is 24.6. The van der Waals surface area contributed by atoms with Crippen LogP contribution in [0.1, 0.15) is 40.5 Å². The molecule has 0 atom stereocenters. The number of ether oxygens (including phenoxy) is 1. The first kappa shape index (κ1) is 14.4. The summed E-state index contributed by atoms with van der Waals surface area (Å²) in [4.78, 5) is 0. The summed E-state index contributed by atoms with van der Waals surface area (Å²) in [5, 5.41) is 0.233. The van der Waals surface area contributed by atoms with E-state index in [1.54, 1.807) is 6.26 Å². The van der Waals surface area contributed by atoms with Crippen LogP contribution in [0.3, 0.4) is 0 Å². The van der Waals surface area contributed by atoms with E-state index in [0.29, 0.717) is 0 Å². The summed E-state index contributed by atoms with van der Waals surface area (Å²) in [5.41, 5.74) is 1.34. The molecular weight excluding hydrogens is 228 g/mol. The summed E-state index contributed by atoms with van der Waals surface area (Å²) in [5.74, 6) is 1.02. The molecule has 0 unspecified atom stereocenters. The summed E-state index contributed by atoms with van der Waals surface area (Å²) in [7, 11) is -1.74. The van der Waals surface area contributed by atoms with Gasteiger partial charge in [0.1, 0.15) is 5.76 Å². The zero-order chi connectivity index (χ0) is 13.1. The zero-order valence-corrected chi connectivity index (χ0v) is 13.1. The molecule has 1 aliphatic heterocycles. The predicted octanol–water partition coefficient (Wildman–Crippen LogP) is 4.61. The van der Waals surface area contributed by atoms with Crippen molar-refractivity contribution in [3.8, 4) is 0 Å². The van der Waals surface area contributed by atoms with Gasteiger partial charge in [0.05, 0.1) is 12.9 Å². The monoisotopic (exact) mass is 254 g/mol. The minimum absolute atomic E-state index is 0.233. The van der Waals surface area contributed by atoms with Gasteiger partial charge in [0, 0.05) is 6.08 Å². The fourth-order valence-electron chi connectivity index (χ4n) is 1.41. The molecule has 0 aliphatic carbocycles. The van der Waals surface area contributed by atoms with Crippen LogP contribution in [0.25, 0.3) is 0 Å². The van der Waals surface area contributed by atoms with E-state index in [4.69, 9.17) is 9.16 Å². The SMILES string of the molecule is C/C1=C(O[Si](C)(C)C(C)(C)C)/C=C\OCCC1. The van der Waals surface area contributed by atoms with Crippen LogP contribution in [0.4, 0.5) is 0 Å². The van der Waals surface area contributed by atoms with Gasteiger partial charge in [0.15, 0.2) is 0 Å². The lowest BCUT2D eigenvalue weighted by molar-refractivity contribution is 0.239. The van der Waals surface area contributed by atoms with Crippen molar-refractivity contribution >= 4 is 8.32 Å². The lowest BCUT2D eigenvalue weighted by atomic mass is 10.1. The first-order valence-corrected chi connectivity index (χ1v) is 9.32. The highest BCUT2D eigenvalue weighted by Crippen LogP contribution is 2.38. The van der Waals surface area contributed by atoms with Gasteiger partial charge in [-0.3, -0.25) is 0 Å². The van der Waals surface area contributed by atoms with Gasteiger partial charge in [-0.2, -0.15) is 0 Å². The first-order valence-electron chi connectivity index (χ1n) is 6.41. The molecule has 1 heterocycles. The topological polar surface area (TPSA) is 18.5 Å². The second-order valence-electron chi connectivity index (χ2n) is 6.28. The minimum Gasteiger partial charge on any atom is -0.543 e. The molecule has 98 valence electrons. The smallest absolute Gasteiger partial charge is 0.250 e. The molecule has 0 saturated carbocycles. The molecule has 0 spiro atoms. The molecule has 0 N–H and O–H groups in total. The molecule has 17 heavy (non-hydrogen) atoms. The first-order chi connectivity index (χ1) is 7.74. The minimum atomic E-state index is -1.74. The van der Waals surface area contributed by atoms with E-state index >= 15 is 0 Å². The molecule has 0 amide bonds. The van der Waals surface area contributed by atoms with Crippen LogP contribution in [0.5, 0.6) is 0 Å². The molecule has 0 aromatic carbocycles. The van der Waals surface area contributed by atoms with Gasteiger partial charge in [-0.1, -0.05) is 20.8 Å². The van der Waals surface area contributed by atoms with E-state index in [-0.39, 0.29) is 5.04 Å². The molecule has 3 heteroatoms. The molecule has 0 saturated heterocycles. The molecule has 0 bridgehead atoms. The van der Waals surface area contributed by atoms with E-state index in [1.807, 2.05) is 6.08 Å². The maximum absolute atomic E-state index is 6.34. The summed E-state index contributed by atoms with van der Waals surface area (Å²) >= 11 is 0. The molecule has 0 aromatic heterocycles. The lowest BCUT2D eigenvalue weighted by Crippen LogP contribution is -2.40. The molecule has 0 fully saturated rings. The summed E-state index contributed by atoms with van der Waals surface area (Å²) in [6, 6.07) is 0. The molecule has 2 nitrogen and oxygen atoms in total. The van der Waals surface area contributed by atoms with E-state index in [1.165, 1.54) is 5.57 Å². The molecule has 0 radical (unpaired) electrons. The van der Waals surface area contributed by atoms with E-state index in [0.717, 1.165) is 25.2 Å². The van der Waals surface area contributed by atoms with Crippen LogP contribution in [0.15, 0.2) is 23.7 Å². The Hall–Kier alpha value is -0.703. The summed E-state index contributed by atoms with van der Waals surface area (Å²) in [6.07, 6.45) is 5.88. The Bertz CT molecular complexity index is 322. The Balaban J connectivity index is 2.88. The standard InChI is InChI=1S/C14H26O2Si/c1-12-8-7-10-15-11-9-13(12)16-17(5,6)14(2,3)4/h9,11H,7-8,10H2,1-6H3/b11-9-,13-12+. The average molecular weight is 254 g/mol. The van der Waals surface area contributed by atoms with Crippen LogP contribution < -0.4 is 0 Å². The fourth-order valence-corrected chi connectivity index (χ4v) is 2.51. The Kier molecular flexibility index (Phi) is 4.47. The Morgan fingerprint density at radius 2 is 1.94 bits per heavy atom. The largest absolute Gasteiger partial charge is 0.543 e. The van der Waals surface area contributed by atoms with Gasteiger partial charge < -0.3 is 9.16 Å². The van der Waals surface area contributed by atoms with Crippen molar-refractivity contribution in [2.24, 2.45) is 0 Å². The van der Waals surface area contributed by atoms with Crippen molar-refractivity contribution < 1.29 is 9.16 Å². The predicted molar refractivity (Wildman–Crippen MR) is 75.3 cm³/mol. The van der Waals surface area contributed by atoms with Crippen LogP contribution >= 0.6 is 0 Å². The van der Waals surface area contributed by atoms with Gasteiger partial charge in [0.25, 0.3) is 0 Å². The number of hydrogen-bond donors (Lipinski definition) is 0. The molecule has 1 rings (SSSR count). The van der Waals surface area contributed by atoms with Crippen molar-refractivity contribution in [3.05, 3.63) is 23.7 Å². The summed E-state index contributed by atoms with van der Waals surface area (Å²) in [6.45, 7) is 14.3. The Morgan fingerprint density at radius 1 is 1.29 bits per heavy atom. The van der Waals surface area contributed by atoms with E-state index in [9.17, 15) is 0 Å². The lowest BCUT2D eigenvalue weighted by Gasteiger charge is -2.37. The van der Waals surface area contributed by atoms with E-state index < -0.39 is 8.32 Å². The van der Waals surface area contributed by atoms with Crippen LogP contribution in [-0.4, -0.2) is 14.9 Å². The number of rotatable bonds is 2. The van der Waals surface area contributed by atoms with Crippen LogP contribution in [0.2, 0.25) is 18.1 Å². The zero-order valence-electron chi connectivity index (χ0n) is 12.1. The molecular formula is C14H26O2Si.